The minimum Gasteiger partial charge on any atom is -0.744 e. The first-order chi connectivity index (χ1) is 9.96. The molecule has 0 aromatic heterocycles. The summed E-state index contributed by atoms with van der Waals surface area (Å²) in [5, 5.41) is 9.57. The van der Waals surface area contributed by atoms with Crippen LogP contribution in [-0.2, 0) is 16.5 Å². The molecule has 0 fully saturated rings. The van der Waals surface area contributed by atoms with Gasteiger partial charge < -0.3 is 9.66 Å². The normalized spacial score (nSPS) is 11.2. The van der Waals surface area contributed by atoms with E-state index >= 15 is 0 Å². The summed E-state index contributed by atoms with van der Waals surface area (Å²) >= 11 is 0. The second kappa shape index (κ2) is 11.5. The molecule has 0 amide bonds. The van der Waals surface area contributed by atoms with Gasteiger partial charge in [0.15, 0.2) is 0 Å². The Labute approximate surface area is 156 Å². The third-order valence-corrected chi connectivity index (χ3v) is 4.60. The van der Waals surface area contributed by atoms with E-state index < -0.39 is 20.8 Å². The van der Waals surface area contributed by atoms with Crippen molar-refractivity contribution in [2.24, 2.45) is 0 Å². The maximum absolute atomic E-state index is 11.2. The van der Waals surface area contributed by atoms with Crippen LogP contribution in [-0.4, -0.2) is 18.1 Å². The van der Waals surface area contributed by atoms with Gasteiger partial charge in [0.2, 0.25) is 0 Å². The van der Waals surface area contributed by atoms with Gasteiger partial charge in [-0.2, -0.15) is 0 Å². The Kier molecular flexibility index (Phi) is 11.4. The summed E-state index contributed by atoms with van der Waals surface area (Å²) in [5.41, 5.74) is 0.427. The third kappa shape index (κ3) is 7.97. The summed E-state index contributed by atoms with van der Waals surface area (Å²) in [6.07, 6.45) is 9.74. The molecule has 0 aliphatic heterocycles. The molecule has 0 saturated carbocycles. The largest absolute Gasteiger partial charge is 1.00 e. The summed E-state index contributed by atoms with van der Waals surface area (Å²) in [4.78, 5) is -0.451. The number of aromatic hydroxyl groups is 1. The Balaban J connectivity index is 0.00000441. The minimum atomic E-state index is -4.62. The zero-order valence-corrected chi connectivity index (χ0v) is 16.5. The smallest absolute Gasteiger partial charge is 0.744 e. The summed E-state index contributed by atoms with van der Waals surface area (Å²) in [6.45, 7) is 2.19. The molecule has 1 aromatic carbocycles. The molecule has 0 aliphatic carbocycles. The van der Waals surface area contributed by atoms with Crippen LogP contribution in [0.15, 0.2) is 23.1 Å². The number of unbranched alkanes of at least 4 members (excludes halogenated alkanes) is 7. The van der Waals surface area contributed by atoms with Crippen molar-refractivity contribution < 1.29 is 47.6 Å². The summed E-state index contributed by atoms with van der Waals surface area (Å²) in [5.74, 6) is -0.443. The molecule has 0 heterocycles. The van der Waals surface area contributed by atoms with Crippen LogP contribution >= 0.6 is 0 Å². The van der Waals surface area contributed by atoms with Gasteiger partial charge in [-0.25, -0.2) is 8.42 Å². The van der Waals surface area contributed by atoms with Gasteiger partial charge >= 0.3 is 29.6 Å². The number of rotatable bonds is 10. The van der Waals surface area contributed by atoms with Gasteiger partial charge in [-0.3, -0.25) is 0 Å². The maximum Gasteiger partial charge on any atom is 1.00 e. The van der Waals surface area contributed by atoms with Crippen LogP contribution in [0.4, 0.5) is 0 Å². The van der Waals surface area contributed by atoms with E-state index in [4.69, 9.17) is 0 Å². The second-order valence-electron chi connectivity index (χ2n) is 5.44. The SMILES string of the molecule is CCCCCCCCCCc1cccc(O)c1S(=O)(=O)[O-].[Na+]. The molecule has 0 atom stereocenters. The van der Waals surface area contributed by atoms with Crippen molar-refractivity contribution in [3.05, 3.63) is 23.8 Å². The van der Waals surface area contributed by atoms with E-state index in [1.165, 1.54) is 38.2 Å². The van der Waals surface area contributed by atoms with Crippen molar-refractivity contribution >= 4 is 10.1 Å². The Morgan fingerprint density at radius 1 is 1.00 bits per heavy atom. The molecule has 0 spiro atoms. The average molecular weight is 336 g/mol. The van der Waals surface area contributed by atoms with E-state index in [2.05, 4.69) is 6.92 Å². The Morgan fingerprint density at radius 3 is 2.09 bits per heavy atom. The van der Waals surface area contributed by atoms with E-state index in [0.717, 1.165) is 19.3 Å². The quantitative estimate of drug-likeness (QED) is 0.393. The van der Waals surface area contributed by atoms with Crippen LogP contribution in [0.1, 0.15) is 63.9 Å². The predicted octanol–water partition coefficient (Wildman–Crippen LogP) is 0.983. The van der Waals surface area contributed by atoms with Crippen molar-refractivity contribution in [2.45, 2.75) is 69.6 Å². The van der Waals surface area contributed by atoms with E-state index in [9.17, 15) is 18.1 Å². The third-order valence-electron chi connectivity index (χ3n) is 3.63. The van der Waals surface area contributed by atoms with Crippen LogP contribution in [0.3, 0.4) is 0 Å². The second-order valence-corrected chi connectivity index (χ2v) is 6.76. The van der Waals surface area contributed by atoms with Crippen LogP contribution in [0.5, 0.6) is 5.75 Å². The Bertz CT molecular complexity index is 529. The van der Waals surface area contributed by atoms with Crippen molar-refractivity contribution in [2.75, 3.05) is 0 Å². The summed E-state index contributed by atoms with van der Waals surface area (Å²) in [7, 11) is -4.62. The molecule has 0 saturated heterocycles. The number of benzene rings is 1. The van der Waals surface area contributed by atoms with E-state index in [0.29, 0.717) is 12.0 Å². The molecule has 1 rings (SSSR count). The van der Waals surface area contributed by atoms with Crippen LogP contribution in [0.25, 0.3) is 0 Å². The molecule has 22 heavy (non-hydrogen) atoms. The van der Waals surface area contributed by atoms with E-state index in [1.807, 2.05) is 0 Å². The van der Waals surface area contributed by atoms with Gasteiger partial charge in [-0.15, -0.1) is 0 Å². The zero-order chi connectivity index (χ0) is 15.7. The average Bonchev–Trinajstić information content (AvgIpc) is 2.40. The first-order valence-corrected chi connectivity index (χ1v) is 9.14. The molecule has 6 heteroatoms. The minimum absolute atomic E-state index is 0. The number of hydrogen-bond donors (Lipinski definition) is 1. The van der Waals surface area contributed by atoms with E-state index in [-0.39, 0.29) is 29.6 Å². The standard InChI is InChI=1S/C16H26O4S.Na/c1-2-3-4-5-6-7-8-9-11-14-12-10-13-15(17)16(14)21(18,19)20;/h10,12-13,17H,2-9,11H2,1H3,(H,18,19,20);/q;+1/p-1. The molecular weight excluding hydrogens is 311 g/mol. The van der Waals surface area contributed by atoms with Crippen molar-refractivity contribution in [3.63, 3.8) is 0 Å². The summed E-state index contributed by atoms with van der Waals surface area (Å²) in [6, 6.07) is 4.41. The molecule has 1 N–H and O–H groups in total. The van der Waals surface area contributed by atoms with Gasteiger partial charge in [-0.1, -0.05) is 64.0 Å². The van der Waals surface area contributed by atoms with Crippen molar-refractivity contribution in [3.8, 4) is 5.75 Å². The molecule has 0 radical (unpaired) electrons. The number of phenols is 1. The van der Waals surface area contributed by atoms with Gasteiger partial charge in [-0.05, 0) is 24.5 Å². The fourth-order valence-electron chi connectivity index (χ4n) is 2.51. The molecule has 1 aromatic rings. The topological polar surface area (TPSA) is 77.4 Å². The van der Waals surface area contributed by atoms with Crippen LogP contribution in [0.2, 0.25) is 0 Å². The van der Waals surface area contributed by atoms with Gasteiger partial charge in [0.1, 0.15) is 15.9 Å². The zero-order valence-electron chi connectivity index (χ0n) is 13.7. The van der Waals surface area contributed by atoms with Crippen molar-refractivity contribution in [1.82, 2.24) is 0 Å². The fourth-order valence-corrected chi connectivity index (χ4v) is 3.32. The van der Waals surface area contributed by atoms with Crippen LogP contribution in [0, 0.1) is 0 Å². The Hall–Kier alpha value is -0.0700. The number of hydrogen-bond acceptors (Lipinski definition) is 4. The Morgan fingerprint density at radius 2 is 1.55 bits per heavy atom. The molecule has 120 valence electrons. The van der Waals surface area contributed by atoms with E-state index in [1.54, 1.807) is 12.1 Å². The molecule has 0 aliphatic rings. The molecule has 0 bridgehead atoms. The summed E-state index contributed by atoms with van der Waals surface area (Å²) < 4.78 is 33.6. The van der Waals surface area contributed by atoms with Gasteiger partial charge in [0, 0.05) is 0 Å². The van der Waals surface area contributed by atoms with Gasteiger partial charge in [0.25, 0.3) is 0 Å². The molecular formula is C16H25NaO4S. The molecule has 0 unspecified atom stereocenters. The predicted molar refractivity (Wildman–Crippen MR) is 82.4 cm³/mol. The number of aryl methyl sites for hydroxylation is 1. The monoisotopic (exact) mass is 336 g/mol. The van der Waals surface area contributed by atoms with Crippen LogP contribution < -0.4 is 29.6 Å². The number of phenolic OH excluding ortho intramolecular Hbond substituents is 1. The molecule has 4 nitrogen and oxygen atoms in total. The van der Waals surface area contributed by atoms with Crippen molar-refractivity contribution in [1.29, 1.82) is 0 Å². The first kappa shape index (κ1) is 21.9. The van der Waals surface area contributed by atoms with Gasteiger partial charge in [0.05, 0.1) is 4.90 Å². The fraction of sp³-hybridized carbons (Fsp3) is 0.625. The maximum atomic E-state index is 11.2. The first-order valence-electron chi connectivity index (χ1n) is 7.73.